The van der Waals surface area contributed by atoms with Gasteiger partial charge in [0.2, 0.25) is 0 Å². The summed E-state index contributed by atoms with van der Waals surface area (Å²) in [4.78, 5) is 7.94. The van der Waals surface area contributed by atoms with Gasteiger partial charge in [-0.25, -0.2) is 0 Å². The second kappa shape index (κ2) is 10.2. The zero-order valence-electron chi connectivity index (χ0n) is 15.7. The van der Waals surface area contributed by atoms with Crippen LogP contribution in [-0.4, -0.2) is 38.5 Å². The molecule has 0 radical (unpaired) electrons. The summed E-state index contributed by atoms with van der Waals surface area (Å²) in [5.74, 6) is 1.43. The van der Waals surface area contributed by atoms with Crippen molar-refractivity contribution in [2.75, 3.05) is 27.7 Å². The van der Waals surface area contributed by atoms with Gasteiger partial charge in [-0.2, -0.15) is 0 Å². The van der Waals surface area contributed by atoms with E-state index in [0.29, 0.717) is 5.92 Å². The Hall–Kier alpha value is -1.85. The zero-order valence-corrected chi connectivity index (χ0v) is 16.6. The van der Waals surface area contributed by atoms with Gasteiger partial charge in [-0.1, -0.05) is 37.3 Å². The quantitative estimate of drug-likeness (QED) is 0.561. The third-order valence-electron chi connectivity index (χ3n) is 3.95. The monoisotopic (exact) mass is 358 g/mol. The number of nitrogens with zero attached hydrogens (tertiary/aromatic N) is 2. The smallest absolute Gasteiger partial charge is 0.191 e. The second-order valence-corrected chi connectivity index (χ2v) is 7.78. The predicted octanol–water partition coefficient (Wildman–Crippen LogP) is 3.35. The van der Waals surface area contributed by atoms with E-state index < -0.39 is 0 Å². The first-order chi connectivity index (χ1) is 12.1. The molecule has 0 aliphatic carbocycles. The highest BCUT2D eigenvalue weighted by molar-refractivity contribution is 7.09. The minimum atomic E-state index is 0.572. The Balaban J connectivity index is 1.74. The number of hydrogen-bond donors (Lipinski definition) is 2. The van der Waals surface area contributed by atoms with Gasteiger partial charge in [-0.05, 0) is 49.0 Å². The van der Waals surface area contributed by atoms with Gasteiger partial charge in [0.05, 0.1) is 0 Å². The van der Waals surface area contributed by atoms with Crippen LogP contribution >= 0.6 is 11.3 Å². The molecule has 2 rings (SSSR count). The van der Waals surface area contributed by atoms with Gasteiger partial charge in [0.15, 0.2) is 5.96 Å². The van der Waals surface area contributed by atoms with Crippen LogP contribution in [0.3, 0.4) is 0 Å². The van der Waals surface area contributed by atoms with Gasteiger partial charge in [0.1, 0.15) is 0 Å². The summed E-state index contributed by atoms with van der Waals surface area (Å²) >= 11 is 1.83. The molecule has 0 saturated carbocycles. The molecule has 0 aliphatic rings. The highest BCUT2D eigenvalue weighted by Gasteiger charge is 2.06. The summed E-state index contributed by atoms with van der Waals surface area (Å²) in [6.45, 7) is 4.93. The van der Waals surface area contributed by atoms with Crippen LogP contribution in [-0.2, 0) is 19.5 Å². The molecule has 1 heterocycles. The summed E-state index contributed by atoms with van der Waals surface area (Å²) in [6.07, 6.45) is 1.11. The van der Waals surface area contributed by atoms with Crippen LogP contribution < -0.4 is 10.6 Å². The summed E-state index contributed by atoms with van der Waals surface area (Å²) in [6, 6.07) is 13.1. The molecule has 0 amide bonds. The molecule has 136 valence electrons. The number of nitrogens with one attached hydrogen (secondary N) is 2. The molecule has 0 bridgehead atoms. The van der Waals surface area contributed by atoms with E-state index in [1.165, 1.54) is 16.0 Å². The van der Waals surface area contributed by atoms with E-state index in [9.17, 15) is 0 Å². The van der Waals surface area contributed by atoms with Crippen molar-refractivity contribution in [1.82, 2.24) is 15.5 Å². The largest absolute Gasteiger partial charge is 0.356 e. The van der Waals surface area contributed by atoms with Crippen LogP contribution in [0.2, 0.25) is 0 Å². The third kappa shape index (κ3) is 7.28. The highest BCUT2D eigenvalue weighted by atomic mass is 32.1. The van der Waals surface area contributed by atoms with E-state index in [-0.39, 0.29) is 0 Å². The number of benzene rings is 1. The standard InChI is InChI=1S/C20H30N4S/c1-16(12-19-6-5-11-25-19)13-22-20(21-2)23-14-17-7-9-18(10-8-17)15-24(3)4/h5-11,16H,12-15H2,1-4H3,(H2,21,22,23). The van der Waals surface area contributed by atoms with Crippen molar-refractivity contribution in [3.8, 4) is 0 Å². The van der Waals surface area contributed by atoms with E-state index >= 15 is 0 Å². The Bertz CT molecular complexity index is 632. The van der Waals surface area contributed by atoms with Crippen LogP contribution in [0.15, 0.2) is 46.8 Å². The van der Waals surface area contributed by atoms with Gasteiger partial charge < -0.3 is 15.5 Å². The van der Waals surface area contributed by atoms with E-state index in [2.05, 4.69) is 83.3 Å². The van der Waals surface area contributed by atoms with E-state index in [0.717, 1.165) is 32.0 Å². The first kappa shape index (κ1) is 19.5. The third-order valence-corrected chi connectivity index (χ3v) is 4.85. The maximum atomic E-state index is 4.32. The number of rotatable bonds is 8. The topological polar surface area (TPSA) is 39.7 Å². The van der Waals surface area contributed by atoms with Crippen molar-refractivity contribution in [3.63, 3.8) is 0 Å². The molecule has 0 spiro atoms. The lowest BCUT2D eigenvalue weighted by Crippen LogP contribution is -2.39. The summed E-state index contributed by atoms with van der Waals surface area (Å²) < 4.78 is 0. The fourth-order valence-corrected chi connectivity index (χ4v) is 3.52. The van der Waals surface area contributed by atoms with Crippen molar-refractivity contribution in [1.29, 1.82) is 0 Å². The van der Waals surface area contributed by atoms with Gasteiger partial charge in [0, 0.05) is 31.6 Å². The molecule has 0 aliphatic heterocycles. The molecule has 2 aromatic rings. The summed E-state index contributed by atoms with van der Waals surface area (Å²) in [5, 5.41) is 8.96. The molecule has 0 fully saturated rings. The maximum Gasteiger partial charge on any atom is 0.191 e. The Morgan fingerprint density at radius 3 is 2.44 bits per heavy atom. The molecule has 0 saturated heterocycles. The molecule has 1 atom stereocenters. The lowest BCUT2D eigenvalue weighted by Gasteiger charge is -2.16. The minimum absolute atomic E-state index is 0.572. The second-order valence-electron chi connectivity index (χ2n) is 6.75. The molecule has 25 heavy (non-hydrogen) atoms. The average Bonchev–Trinajstić information content (AvgIpc) is 3.09. The van der Waals surface area contributed by atoms with Crippen LogP contribution in [0.4, 0.5) is 0 Å². The molecular weight excluding hydrogens is 328 g/mol. The SMILES string of the molecule is CN=C(NCc1ccc(CN(C)C)cc1)NCC(C)Cc1cccs1. The number of aliphatic imine (C=N–C) groups is 1. The molecule has 1 aromatic carbocycles. The Kier molecular flexibility index (Phi) is 7.95. The van der Waals surface area contributed by atoms with Gasteiger partial charge in [0.25, 0.3) is 0 Å². The van der Waals surface area contributed by atoms with Crippen molar-refractivity contribution in [2.24, 2.45) is 10.9 Å². The summed E-state index contributed by atoms with van der Waals surface area (Å²) in [5.41, 5.74) is 2.59. The number of thiophene rings is 1. The fourth-order valence-electron chi connectivity index (χ4n) is 2.65. The molecule has 4 nitrogen and oxygen atoms in total. The van der Waals surface area contributed by atoms with Crippen LogP contribution in [0.25, 0.3) is 0 Å². The summed E-state index contributed by atoms with van der Waals surface area (Å²) in [7, 11) is 5.99. The molecule has 5 heteroatoms. The lowest BCUT2D eigenvalue weighted by molar-refractivity contribution is 0.402. The molecule has 1 aromatic heterocycles. The first-order valence-electron chi connectivity index (χ1n) is 8.76. The minimum Gasteiger partial charge on any atom is -0.356 e. The maximum absolute atomic E-state index is 4.32. The van der Waals surface area contributed by atoms with Crippen LogP contribution in [0.5, 0.6) is 0 Å². The molecule has 2 N–H and O–H groups in total. The van der Waals surface area contributed by atoms with Crippen molar-refractivity contribution < 1.29 is 0 Å². The lowest BCUT2D eigenvalue weighted by atomic mass is 10.1. The van der Waals surface area contributed by atoms with Crippen molar-refractivity contribution in [3.05, 3.63) is 57.8 Å². The van der Waals surface area contributed by atoms with Gasteiger partial charge in [-0.3, -0.25) is 4.99 Å². The number of guanidine groups is 1. The van der Waals surface area contributed by atoms with E-state index in [1.807, 2.05) is 18.4 Å². The Labute approximate surface area is 156 Å². The van der Waals surface area contributed by atoms with Crippen LogP contribution in [0, 0.1) is 5.92 Å². The Morgan fingerprint density at radius 1 is 1.12 bits per heavy atom. The van der Waals surface area contributed by atoms with E-state index in [1.54, 1.807) is 0 Å². The number of hydrogen-bond acceptors (Lipinski definition) is 3. The van der Waals surface area contributed by atoms with Gasteiger partial charge in [-0.15, -0.1) is 11.3 Å². The zero-order chi connectivity index (χ0) is 18.1. The van der Waals surface area contributed by atoms with Crippen molar-refractivity contribution in [2.45, 2.75) is 26.4 Å². The Morgan fingerprint density at radius 2 is 1.84 bits per heavy atom. The normalized spacial score (nSPS) is 13.1. The molecular formula is C20H30N4S. The molecule has 1 unspecified atom stereocenters. The first-order valence-corrected chi connectivity index (χ1v) is 9.64. The average molecular weight is 359 g/mol. The van der Waals surface area contributed by atoms with Gasteiger partial charge >= 0.3 is 0 Å². The van der Waals surface area contributed by atoms with E-state index in [4.69, 9.17) is 0 Å². The highest BCUT2D eigenvalue weighted by Crippen LogP contribution is 2.13. The fraction of sp³-hybridized carbons (Fsp3) is 0.450. The predicted molar refractivity (Wildman–Crippen MR) is 109 cm³/mol. The van der Waals surface area contributed by atoms with Crippen LogP contribution in [0.1, 0.15) is 22.9 Å². The van der Waals surface area contributed by atoms with Crippen molar-refractivity contribution >= 4 is 17.3 Å².